The van der Waals surface area contributed by atoms with Crippen molar-refractivity contribution in [3.8, 4) is 40.1 Å². The molecule has 1 fully saturated rings. The highest BCUT2D eigenvalue weighted by Crippen LogP contribution is 2.37. The van der Waals surface area contributed by atoms with Crippen LogP contribution in [0.15, 0.2) is 76.0 Å². The maximum atomic E-state index is 12.8. The molecule has 0 bridgehead atoms. The Morgan fingerprint density at radius 2 is 1.60 bits per heavy atom. The van der Waals surface area contributed by atoms with Crippen LogP contribution >= 0.6 is 0 Å². The number of carbonyl (C=O) groups excluding carboxylic acids is 2. The van der Waals surface area contributed by atoms with Crippen molar-refractivity contribution < 1.29 is 58.5 Å². The molecule has 2 heterocycles. The standard InChI is InChI=1S/C32H28O13/c1-15-29(40)30(42-16(2)33)31(45-27(39)10-5-17-3-7-19(34)8-4-17)32(41-15)44-25-11-18(6-9-21(25)36)24-14-23(38)28-22(37)12-20(35)13-26(28)43-24/h3-15,29-32,34-37,40H,1-2H3. The number of phenols is 4. The highest BCUT2D eigenvalue weighted by Gasteiger charge is 2.49. The van der Waals surface area contributed by atoms with Gasteiger partial charge in [0.2, 0.25) is 12.4 Å². The van der Waals surface area contributed by atoms with Gasteiger partial charge in [-0.3, -0.25) is 9.59 Å². The summed E-state index contributed by atoms with van der Waals surface area (Å²) in [6.45, 7) is 2.59. The number of aromatic hydroxyl groups is 4. The summed E-state index contributed by atoms with van der Waals surface area (Å²) in [6.07, 6.45) is -4.38. The zero-order valence-corrected chi connectivity index (χ0v) is 23.8. The van der Waals surface area contributed by atoms with Crippen LogP contribution in [0.4, 0.5) is 0 Å². The number of rotatable bonds is 7. The van der Waals surface area contributed by atoms with E-state index in [1.807, 2.05) is 0 Å². The van der Waals surface area contributed by atoms with Crippen molar-refractivity contribution in [3.05, 3.63) is 82.5 Å². The van der Waals surface area contributed by atoms with Crippen molar-refractivity contribution >= 4 is 29.0 Å². The average Bonchev–Trinajstić information content (AvgIpc) is 2.97. The molecule has 0 spiro atoms. The van der Waals surface area contributed by atoms with Gasteiger partial charge in [-0.05, 0) is 48.9 Å². The van der Waals surface area contributed by atoms with E-state index in [0.717, 1.165) is 31.2 Å². The Morgan fingerprint density at radius 3 is 2.31 bits per heavy atom. The Balaban J connectivity index is 1.46. The van der Waals surface area contributed by atoms with Gasteiger partial charge < -0.3 is 48.9 Å². The monoisotopic (exact) mass is 620 g/mol. The third-order valence-electron chi connectivity index (χ3n) is 6.90. The van der Waals surface area contributed by atoms with Crippen molar-refractivity contribution in [1.29, 1.82) is 0 Å². The number of aliphatic hydroxyl groups is 1. The summed E-state index contributed by atoms with van der Waals surface area (Å²) < 4.78 is 28.3. The Hall–Kier alpha value is -5.53. The van der Waals surface area contributed by atoms with Crippen LogP contribution in [0.25, 0.3) is 28.4 Å². The highest BCUT2D eigenvalue weighted by molar-refractivity contribution is 5.87. The van der Waals surface area contributed by atoms with Crippen LogP contribution in [0.2, 0.25) is 0 Å². The van der Waals surface area contributed by atoms with Gasteiger partial charge in [-0.2, -0.15) is 0 Å². The smallest absolute Gasteiger partial charge is 0.331 e. The van der Waals surface area contributed by atoms with Crippen LogP contribution in [0.5, 0.6) is 28.7 Å². The lowest BCUT2D eigenvalue weighted by Gasteiger charge is -2.42. The first-order chi connectivity index (χ1) is 21.4. The average molecular weight is 621 g/mol. The van der Waals surface area contributed by atoms with E-state index in [1.165, 1.54) is 43.3 Å². The lowest BCUT2D eigenvalue weighted by Crippen LogP contribution is -2.61. The van der Waals surface area contributed by atoms with E-state index in [9.17, 15) is 39.9 Å². The van der Waals surface area contributed by atoms with E-state index in [0.29, 0.717) is 5.56 Å². The SMILES string of the molecule is CC(=O)OC1C(O)C(C)OC(Oc2cc(-c3cc(=O)c4c(O)cc(O)cc4o3)ccc2O)C1OC(=O)C=Cc1ccc(O)cc1. The third kappa shape index (κ3) is 6.84. The molecule has 13 nitrogen and oxygen atoms in total. The van der Waals surface area contributed by atoms with Crippen molar-refractivity contribution in [1.82, 2.24) is 0 Å². The summed E-state index contributed by atoms with van der Waals surface area (Å²) in [4.78, 5) is 37.5. The van der Waals surface area contributed by atoms with Crippen LogP contribution in [-0.4, -0.2) is 68.2 Å². The third-order valence-corrected chi connectivity index (χ3v) is 6.90. The molecule has 1 aromatic heterocycles. The molecular weight excluding hydrogens is 592 g/mol. The first kappa shape index (κ1) is 30.9. The van der Waals surface area contributed by atoms with Crippen molar-refractivity contribution in [2.45, 2.75) is 44.6 Å². The van der Waals surface area contributed by atoms with E-state index in [2.05, 4.69) is 0 Å². The van der Waals surface area contributed by atoms with Gasteiger partial charge in [-0.15, -0.1) is 0 Å². The number of hydrogen-bond donors (Lipinski definition) is 5. The predicted molar refractivity (Wildman–Crippen MR) is 156 cm³/mol. The molecule has 0 amide bonds. The number of ether oxygens (including phenoxy) is 4. The number of benzene rings is 3. The van der Waals surface area contributed by atoms with E-state index in [-0.39, 0.29) is 45.3 Å². The number of hydrogen-bond acceptors (Lipinski definition) is 13. The molecule has 13 heteroatoms. The number of fused-ring (bicyclic) bond motifs is 1. The van der Waals surface area contributed by atoms with Crippen molar-refractivity contribution in [2.24, 2.45) is 0 Å². The van der Waals surface area contributed by atoms with Crippen LogP contribution in [-0.2, 0) is 23.8 Å². The molecule has 1 aliphatic rings. The second-order valence-electron chi connectivity index (χ2n) is 10.2. The van der Waals surface area contributed by atoms with Crippen LogP contribution in [0.3, 0.4) is 0 Å². The van der Waals surface area contributed by atoms with Crippen LogP contribution in [0, 0.1) is 0 Å². The summed E-state index contributed by atoms with van der Waals surface area (Å²) in [6, 6.07) is 13.2. The largest absolute Gasteiger partial charge is 0.508 e. The van der Waals surface area contributed by atoms with E-state index < -0.39 is 53.8 Å². The Kier molecular flexibility index (Phi) is 8.66. The van der Waals surface area contributed by atoms with E-state index in [4.69, 9.17) is 23.4 Å². The van der Waals surface area contributed by atoms with Gasteiger partial charge in [0.15, 0.2) is 23.0 Å². The maximum Gasteiger partial charge on any atom is 0.331 e. The van der Waals surface area contributed by atoms with Crippen LogP contribution in [0.1, 0.15) is 19.4 Å². The summed E-state index contributed by atoms with van der Waals surface area (Å²) in [5.41, 5.74) is 0.0976. The zero-order chi connectivity index (χ0) is 32.4. The quantitative estimate of drug-likeness (QED) is 0.149. The minimum absolute atomic E-state index is 0.00385. The number of carbonyl (C=O) groups is 2. The maximum absolute atomic E-state index is 12.8. The number of esters is 2. The minimum atomic E-state index is -1.52. The molecule has 5 rings (SSSR count). The molecule has 4 aromatic rings. The van der Waals surface area contributed by atoms with Crippen LogP contribution < -0.4 is 10.2 Å². The fourth-order valence-electron chi connectivity index (χ4n) is 4.74. The normalized spacial score (nSPS) is 21.4. The summed E-state index contributed by atoms with van der Waals surface area (Å²) in [7, 11) is 0. The summed E-state index contributed by atoms with van der Waals surface area (Å²) >= 11 is 0. The van der Waals surface area contributed by atoms with Gasteiger partial charge in [0.05, 0.1) is 6.10 Å². The van der Waals surface area contributed by atoms with Gasteiger partial charge in [-0.25, -0.2) is 4.79 Å². The van der Waals surface area contributed by atoms with Gasteiger partial charge in [0, 0.05) is 36.8 Å². The minimum Gasteiger partial charge on any atom is -0.508 e. The van der Waals surface area contributed by atoms with E-state index >= 15 is 0 Å². The van der Waals surface area contributed by atoms with Gasteiger partial charge in [-0.1, -0.05) is 12.1 Å². The molecule has 5 atom stereocenters. The molecule has 0 radical (unpaired) electrons. The fourth-order valence-corrected chi connectivity index (χ4v) is 4.74. The highest BCUT2D eigenvalue weighted by atomic mass is 16.7. The number of phenolic OH excluding ortho intramolecular Hbond substituents is 4. The molecule has 1 saturated heterocycles. The Labute approximate surface area is 254 Å². The van der Waals surface area contributed by atoms with Gasteiger partial charge in [0.25, 0.3) is 0 Å². The molecule has 45 heavy (non-hydrogen) atoms. The molecule has 5 N–H and O–H groups in total. The second-order valence-corrected chi connectivity index (χ2v) is 10.2. The molecule has 234 valence electrons. The molecule has 3 aromatic carbocycles. The lowest BCUT2D eigenvalue weighted by molar-refractivity contribution is -0.276. The fraction of sp³-hybridized carbons (Fsp3) is 0.219. The number of aliphatic hydroxyl groups excluding tert-OH is 1. The van der Waals surface area contributed by atoms with Crippen molar-refractivity contribution in [2.75, 3.05) is 0 Å². The second kappa shape index (κ2) is 12.6. The molecule has 0 saturated carbocycles. The molecule has 0 aliphatic carbocycles. The van der Waals surface area contributed by atoms with E-state index in [1.54, 1.807) is 12.1 Å². The molecular formula is C32H28O13. The zero-order valence-electron chi connectivity index (χ0n) is 23.8. The first-order valence-corrected chi connectivity index (χ1v) is 13.6. The first-order valence-electron chi connectivity index (χ1n) is 13.6. The lowest BCUT2D eigenvalue weighted by atomic mass is 9.99. The molecule has 5 unspecified atom stereocenters. The summed E-state index contributed by atoms with van der Waals surface area (Å²) in [5.74, 6) is -3.06. The summed E-state index contributed by atoms with van der Waals surface area (Å²) in [5, 5.41) is 50.6. The topological polar surface area (TPSA) is 202 Å². The predicted octanol–water partition coefficient (Wildman–Crippen LogP) is 3.32. The Bertz CT molecular complexity index is 1830. The van der Waals surface area contributed by atoms with Gasteiger partial charge in [0.1, 0.15) is 40.1 Å². The Morgan fingerprint density at radius 1 is 0.867 bits per heavy atom. The van der Waals surface area contributed by atoms with Gasteiger partial charge >= 0.3 is 11.9 Å². The molecule has 1 aliphatic heterocycles. The van der Waals surface area contributed by atoms with Crippen molar-refractivity contribution in [3.63, 3.8) is 0 Å².